The number of halogens is 1. The van der Waals surface area contributed by atoms with Crippen molar-refractivity contribution in [3.63, 3.8) is 0 Å². The first kappa shape index (κ1) is 14.9. The Kier molecular flexibility index (Phi) is 4.84. The quantitative estimate of drug-likeness (QED) is 0.604. The van der Waals surface area contributed by atoms with Gasteiger partial charge in [0.25, 0.3) is 0 Å². The maximum Gasteiger partial charge on any atom is 0.304 e. The molecule has 0 radical (unpaired) electrons. The highest BCUT2D eigenvalue weighted by Crippen LogP contribution is 2.19. The molecule has 2 aromatic carbocycles. The van der Waals surface area contributed by atoms with E-state index in [1.807, 2.05) is 24.3 Å². The molecule has 21 heavy (non-hydrogen) atoms. The summed E-state index contributed by atoms with van der Waals surface area (Å²) in [4.78, 5) is 9.76. The number of nitrogens with zero attached hydrogens (tertiary/aromatic N) is 1. The van der Waals surface area contributed by atoms with Gasteiger partial charge in [-0.25, -0.2) is 0 Å². The van der Waals surface area contributed by atoms with Crippen LogP contribution in [-0.2, 0) is 18.0 Å². The van der Waals surface area contributed by atoms with Crippen LogP contribution in [0.25, 0.3) is 0 Å². The summed E-state index contributed by atoms with van der Waals surface area (Å²) in [7, 11) is 1.58. The number of hydrogen-bond donors (Lipinski definition) is 0. The van der Waals surface area contributed by atoms with E-state index >= 15 is 0 Å². The van der Waals surface area contributed by atoms with Crippen molar-refractivity contribution in [3.8, 4) is 5.75 Å². The van der Waals surface area contributed by atoms with Crippen LogP contribution in [0.3, 0.4) is 0 Å². The van der Waals surface area contributed by atoms with Crippen LogP contribution < -0.4 is 4.74 Å². The molecule has 0 saturated heterocycles. The third-order valence-corrected chi connectivity index (χ3v) is 2.88. The van der Waals surface area contributed by atoms with Gasteiger partial charge in [0, 0.05) is 6.07 Å². The average molecular weight is 291 g/mol. The molecule has 0 N–H and O–H groups in total. The molecule has 0 aromatic heterocycles. The van der Waals surface area contributed by atoms with Gasteiger partial charge >= 0.3 is 5.69 Å². The van der Waals surface area contributed by atoms with Crippen molar-refractivity contribution in [2.24, 2.45) is 0 Å². The second-order valence-electron chi connectivity index (χ2n) is 4.39. The van der Waals surface area contributed by atoms with E-state index in [0.29, 0.717) is 12.2 Å². The van der Waals surface area contributed by atoms with Crippen LogP contribution in [-0.4, -0.2) is 12.0 Å². The smallest absolute Gasteiger partial charge is 0.304 e. The average Bonchev–Trinajstić information content (AvgIpc) is 2.47. The van der Waals surface area contributed by atoms with Crippen molar-refractivity contribution in [2.75, 3.05) is 7.11 Å². The zero-order valence-corrected chi connectivity index (χ0v) is 11.4. The van der Waals surface area contributed by atoms with Gasteiger partial charge in [0.15, 0.2) is 0 Å². The van der Waals surface area contributed by atoms with Gasteiger partial charge in [0.05, 0.1) is 25.2 Å². The van der Waals surface area contributed by atoms with Crippen molar-refractivity contribution >= 4 is 5.69 Å². The lowest BCUT2D eigenvalue weighted by molar-refractivity contribution is -0.387. The molecule has 0 atom stereocenters. The van der Waals surface area contributed by atoms with Crippen molar-refractivity contribution < 1.29 is 18.8 Å². The zero-order chi connectivity index (χ0) is 15.2. The molecule has 6 heteroatoms. The summed E-state index contributed by atoms with van der Waals surface area (Å²) < 4.78 is 24.0. The Hall–Kier alpha value is -2.47. The molecular weight excluding hydrogens is 277 g/mol. The van der Waals surface area contributed by atoms with Gasteiger partial charge in [-0.05, 0) is 35.4 Å². The minimum atomic E-state index is -0.859. The predicted octanol–water partition coefficient (Wildman–Crippen LogP) is 3.46. The molecule has 110 valence electrons. The van der Waals surface area contributed by atoms with E-state index in [4.69, 9.17) is 9.47 Å². The van der Waals surface area contributed by atoms with Crippen molar-refractivity contribution in [3.05, 3.63) is 69.5 Å². The third kappa shape index (κ3) is 4.00. The number of nitro benzene ring substituents is 1. The molecule has 2 aromatic rings. The fraction of sp³-hybridized carbons (Fsp3) is 0.200. The summed E-state index contributed by atoms with van der Waals surface area (Å²) in [6.07, 6.45) is 0. The predicted molar refractivity (Wildman–Crippen MR) is 74.5 cm³/mol. The monoisotopic (exact) mass is 291 g/mol. The van der Waals surface area contributed by atoms with E-state index in [9.17, 15) is 14.5 Å². The maximum atomic E-state index is 13.4. The van der Waals surface area contributed by atoms with Crippen molar-refractivity contribution in [1.29, 1.82) is 0 Å². The van der Waals surface area contributed by atoms with Crippen LogP contribution >= 0.6 is 0 Å². The van der Waals surface area contributed by atoms with Gasteiger partial charge in [-0.2, -0.15) is 4.39 Å². The Balaban J connectivity index is 1.94. The SMILES string of the molecule is COc1cccc(COCc2ccc([N+](=O)[O-])c(F)c2)c1. The summed E-state index contributed by atoms with van der Waals surface area (Å²) in [5.41, 5.74) is 0.935. The van der Waals surface area contributed by atoms with Gasteiger partial charge < -0.3 is 9.47 Å². The Morgan fingerprint density at radius 1 is 1.14 bits per heavy atom. The Bertz CT molecular complexity index is 645. The molecule has 5 nitrogen and oxygen atoms in total. The highest BCUT2D eigenvalue weighted by Gasteiger charge is 2.13. The van der Waals surface area contributed by atoms with E-state index in [0.717, 1.165) is 23.4 Å². The fourth-order valence-corrected chi connectivity index (χ4v) is 1.84. The molecule has 0 fully saturated rings. The summed E-state index contributed by atoms with van der Waals surface area (Å²) in [6.45, 7) is 0.516. The lowest BCUT2D eigenvalue weighted by atomic mass is 10.2. The molecule has 0 saturated carbocycles. The fourth-order valence-electron chi connectivity index (χ4n) is 1.84. The first-order chi connectivity index (χ1) is 10.1. The Morgan fingerprint density at radius 3 is 2.48 bits per heavy atom. The molecule has 0 aliphatic heterocycles. The Labute approximate surface area is 121 Å². The van der Waals surface area contributed by atoms with Crippen molar-refractivity contribution in [2.45, 2.75) is 13.2 Å². The first-order valence-corrected chi connectivity index (χ1v) is 6.23. The molecule has 2 rings (SSSR count). The number of hydrogen-bond acceptors (Lipinski definition) is 4. The lowest BCUT2D eigenvalue weighted by Crippen LogP contribution is -1.97. The highest BCUT2D eigenvalue weighted by atomic mass is 19.1. The van der Waals surface area contributed by atoms with Gasteiger partial charge in [-0.3, -0.25) is 10.1 Å². The molecule has 0 unspecified atom stereocenters. The number of nitro groups is 1. The topological polar surface area (TPSA) is 61.6 Å². The summed E-state index contributed by atoms with van der Waals surface area (Å²) in [6, 6.07) is 11.1. The minimum Gasteiger partial charge on any atom is -0.497 e. The largest absolute Gasteiger partial charge is 0.497 e. The number of ether oxygens (including phenoxy) is 2. The van der Waals surface area contributed by atoms with Crippen molar-refractivity contribution in [1.82, 2.24) is 0 Å². The molecule has 0 heterocycles. The van der Waals surface area contributed by atoms with Gasteiger partial charge in [-0.1, -0.05) is 12.1 Å². The second-order valence-corrected chi connectivity index (χ2v) is 4.39. The van der Waals surface area contributed by atoms with Gasteiger partial charge in [0.1, 0.15) is 5.75 Å². The van der Waals surface area contributed by atoms with Crippen LogP contribution in [0, 0.1) is 15.9 Å². The minimum absolute atomic E-state index is 0.173. The van der Waals surface area contributed by atoms with Crippen LogP contribution in [0.15, 0.2) is 42.5 Å². The van der Waals surface area contributed by atoms with E-state index < -0.39 is 16.4 Å². The normalized spacial score (nSPS) is 10.4. The van der Waals surface area contributed by atoms with E-state index in [-0.39, 0.29) is 6.61 Å². The molecule has 0 bridgehead atoms. The van der Waals surface area contributed by atoms with Crippen LogP contribution in [0.2, 0.25) is 0 Å². The second kappa shape index (κ2) is 6.81. The summed E-state index contributed by atoms with van der Waals surface area (Å²) >= 11 is 0. The lowest BCUT2D eigenvalue weighted by Gasteiger charge is -2.06. The summed E-state index contributed by atoms with van der Waals surface area (Å²) in [5, 5.41) is 10.5. The summed E-state index contributed by atoms with van der Waals surface area (Å²) in [5.74, 6) is -0.125. The van der Waals surface area contributed by atoms with E-state index in [1.165, 1.54) is 6.07 Å². The molecule has 0 amide bonds. The number of rotatable bonds is 6. The van der Waals surface area contributed by atoms with Crippen LogP contribution in [0.1, 0.15) is 11.1 Å². The molecule has 0 spiro atoms. The molecule has 0 aliphatic rings. The van der Waals surface area contributed by atoms with E-state index in [1.54, 1.807) is 7.11 Å². The number of benzene rings is 2. The Morgan fingerprint density at radius 2 is 1.86 bits per heavy atom. The zero-order valence-electron chi connectivity index (χ0n) is 11.4. The van der Waals surface area contributed by atoms with Crippen LogP contribution in [0.5, 0.6) is 5.75 Å². The number of methoxy groups -OCH3 is 1. The maximum absolute atomic E-state index is 13.4. The third-order valence-electron chi connectivity index (χ3n) is 2.88. The van der Waals surface area contributed by atoms with E-state index in [2.05, 4.69) is 0 Å². The highest BCUT2D eigenvalue weighted by molar-refractivity contribution is 5.34. The standard InChI is InChI=1S/C15H14FNO4/c1-20-13-4-2-3-11(7-13)9-21-10-12-5-6-15(17(18)19)14(16)8-12/h2-8H,9-10H2,1H3. The first-order valence-electron chi connectivity index (χ1n) is 6.23. The van der Waals surface area contributed by atoms with Gasteiger partial charge in [-0.15, -0.1) is 0 Å². The molecular formula is C15H14FNO4. The van der Waals surface area contributed by atoms with Gasteiger partial charge in [0.2, 0.25) is 5.82 Å². The molecule has 0 aliphatic carbocycles. The van der Waals surface area contributed by atoms with Crippen LogP contribution in [0.4, 0.5) is 10.1 Å².